The Morgan fingerprint density at radius 3 is 2.63 bits per heavy atom. The number of aromatic nitrogens is 3. The van der Waals surface area contributed by atoms with E-state index in [-0.39, 0.29) is 11.9 Å². The second kappa shape index (κ2) is 7.23. The fourth-order valence-corrected chi connectivity index (χ4v) is 3.23. The van der Waals surface area contributed by atoms with E-state index in [4.69, 9.17) is 4.74 Å². The van der Waals surface area contributed by atoms with Crippen LogP contribution in [0.2, 0.25) is 0 Å². The third-order valence-electron chi connectivity index (χ3n) is 4.95. The number of benzene rings is 1. The summed E-state index contributed by atoms with van der Waals surface area (Å²) in [5.74, 6) is 2.00. The molecular weight excluding hydrogens is 340 g/mol. The number of amides is 1. The van der Waals surface area contributed by atoms with E-state index in [0.717, 1.165) is 29.8 Å². The van der Waals surface area contributed by atoms with E-state index in [1.807, 2.05) is 48.1 Å². The van der Waals surface area contributed by atoms with Crippen molar-refractivity contribution < 1.29 is 9.53 Å². The number of aryl methyl sites for hydroxylation is 1. The standard InChI is InChI=1S/C21H22N4O2/c1-25-10-9-23-20(25)19(15-5-6-15)24-21(26)16-7-3-14(4-8-16)17-11-18(27-2)13-22-12-17/h3-4,7-13,15,19H,5-6H2,1-2H3,(H,24,26). The van der Waals surface area contributed by atoms with Crippen LogP contribution in [0.25, 0.3) is 11.1 Å². The number of rotatable bonds is 6. The molecule has 3 aromatic rings. The highest BCUT2D eigenvalue weighted by Gasteiger charge is 2.35. The van der Waals surface area contributed by atoms with Crippen molar-refractivity contribution in [3.63, 3.8) is 0 Å². The summed E-state index contributed by atoms with van der Waals surface area (Å²) in [5.41, 5.74) is 2.57. The van der Waals surface area contributed by atoms with Crippen molar-refractivity contribution in [2.75, 3.05) is 7.11 Å². The number of ether oxygens (including phenoxy) is 1. The van der Waals surface area contributed by atoms with Crippen LogP contribution in [0, 0.1) is 5.92 Å². The maximum atomic E-state index is 12.8. The van der Waals surface area contributed by atoms with Gasteiger partial charge < -0.3 is 14.6 Å². The molecule has 1 N–H and O–H groups in total. The van der Waals surface area contributed by atoms with Crippen LogP contribution >= 0.6 is 0 Å². The molecule has 1 fully saturated rings. The van der Waals surface area contributed by atoms with Crippen LogP contribution in [-0.4, -0.2) is 27.6 Å². The number of imidazole rings is 1. The molecule has 2 heterocycles. The zero-order valence-corrected chi connectivity index (χ0v) is 15.4. The molecular formula is C21H22N4O2. The summed E-state index contributed by atoms with van der Waals surface area (Å²) < 4.78 is 7.20. The minimum atomic E-state index is -0.0785. The van der Waals surface area contributed by atoms with Crippen molar-refractivity contribution in [2.24, 2.45) is 13.0 Å². The average molecular weight is 362 g/mol. The van der Waals surface area contributed by atoms with Crippen molar-refractivity contribution in [3.8, 4) is 16.9 Å². The van der Waals surface area contributed by atoms with Gasteiger partial charge in [-0.1, -0.05) is 12.1 Å². The molecule has 1 atom stereocenters. The third kappa shape index (κ3) is 3.69. The highest BCUT2D eigenvalue weighted by atomic mass is 16.5. The van der Waals surface area contributed by atoms with Gasteiger partial charge in [0.25, 0.3) is 5.91 Å². The molecule has 0 aliphatic heterocycles. The van der Waals surface area contributed by atoms with Crippen LogP contribution in [-0.2, 0) is 7.05 Å². The van der Waals surface area contributed by atoms with Crippen LogP contribution in [0.1, 0.15) is 35.1 Å². The first-order valence-electron chi connectivity index (χ1n) is 9.03. The van der Waals surface area contributed by atoms with Gasteiger partial charge in [-0.2, -0.15) is 0 Å². The highest BCUT2D eigenvalue weighted by molar-refractivity contribution is 5.95. The van der Waals surface area contributed by atoms with Gasteiger partial charge in [-0.25, -0.2) is 4.98 Å². The van der Waals surface area contributed by atoms with E-state index in [1.54, 1.807) is 25.7 Å². The highest BCUT2D eigenvalue weighted by Crippen LogP contribution is 2.40. The molecule has 1 aliphatic carbocycles. The Balaban J connectivity index is 1.51. The Morgan fingerprint density at radius 2 is 2.00 bits per heavy atom. The van der Waals surface area contributed by atoms with Crippen LogP contribution in [0.4, 0.5) is 0 Å². The van der Waals surface area contributed by atoms with Gasteiger partial charge in [0.15, 0.2) is 0 Å². The van der Waals surface area contributed by atoms with E-state index in [0.29, 0.717) is 17.2 Å². The molecule has 0 bridgehead atoms. The van der Waals surface area contributed by atoms with Crippen molar-refractivity contribution in [1.29, 1.82) is 0 Å². The third-order valence-corrected chi connectivity index (χ3v) is 4.95. The summed E-state index contributed by atoms with van der Waals surface area (Å²) in [5, 5.41) is 3.16. The van der Waals surface area contributed by atoms with Crippen molar-refractivity contribution in [1.82, 2.24) is 19.9 Å². The molecule has 1 unspecified atom stereocenters. The fourth-order valence-electron chi connectivity index (χ4n) is 3.23. The number of hydrogen-bond donors (Lipinski definition) is 1. The normalized spacial score (nSPS) is 14.6. The first-order valence-corrected chi connectivity index (χ1v) is 9.03. The zero-order valence-electron chi connectivity index (χ0n) is 15.4. The number of nitrogens with zero attached hydrogens (tertiary/aromatic N) is 3. The van der Waals surface area contributed by atoms with E-state index in [2.05, 4.69) is 15.3 Å². The lowest BCUT2D eigenvalue weighted by Crippen LogP contribution is -2.31. The fraction of sp³-hybridized carbons (Fsp3) is 0.286. The van der Waals surface area contributed by atoms with E-state index in [1.165, 1.54) is 0 Å². The molecule has 1 amide bonds. The SMILES string of the molecule is COc1cncc(-c2ccc(C(=O)NC(c3nccn3C)C3CC3)cc2)c1. The Bertz CT molecular complexity index is 945. The summed E-state index contributed by atoms with van der Waals surface area (Å²) >= 11 is 0. The lowest BCUT2D eigenvalue weighted by atomic mass is 10.0. The molecule has 27 heavy (non-hydrogen) atoms. The zero-order chi connectivity index (χ0) is 18.8. The van der Waals surface area contributed by atoms with Crippen LogP contribution in [0.15, 0.2) is 55.1 Å². The molecule has 6 nitrogen and oxygen atoms in total. The maximum Gasteiger partial charge on any atom is 0.251 e. The summed E-state index contributed by atoms with van der Waals surface area (Å²) in [6, 6.07) is 9.42. The first-order chi connectivity index (χ1) is 13.2. The van der Waals surface area contributed by atoms with Gasteiger partial charge in [0.1, 0.15) is 11.6 Å². The lowest BCUT2D eigenvalue weighted by Gasteiger charge is -2.18. The number of carbonyl (C=O) groups excluding carboxylic acids is 1. The minimum absolute atomic E-state index is 0.0419. The Morgan fingerprint density at radius 1 is 1.22 bits per heavy atom. The van der Waals surface area contributed by atoms with Crippen LogP contribution in [0.5, 0.6) is 5.75 Å². The quantitative estimate of drug-likeness (QED) is 0.730. The Hall–Kier alpha value is -3.15. The maximum absolute atomic E-state index is 12.8. The van der Waals surface area contributed by atoms with Gasteiger partial charge in [-0.05, 0) is 42.5 Å². The van der Waals surface area contributed by atoms with Gasteiger partial charge in [0, 0.05) is 36.8 Å². The smallest absolute Gasteiger partial charge is 0.251 e. The van der Waals surface area contributed by atoms with Crippen LogP contribution < -0.4 is 10.1 Å². The summed E-state index contributed by atoms with van der Waals surface area (Å²) in [4.78, 5) is 21.4. The number of pyridine rings is 1. The van der Waals surface area contributed by atoms with E-state index in [9.17, 15) is 4.79 Å². The van der Waals surface area contributed by atoms with Gasteiger partial charge >= 0.3 is 0 Å². The van der Waals surface area contributed by atoms with Crippen molar-refractivity contribution in [3.05, 3.63) is 66.5 Å². The average Bonchev–Trinajstić information content (AvgIpc) is 3.47. The molecule has 4 rings (SSSR count). The first kappa shape index (κ1) is 17.3. The molecule has 6 heteroatoms. The second-order valence-corrected chi connectivity index (χ2v) is 6.88. The molecule has 138 valence electrons. The van der Waals surface area contributed by atoms with Gasteiger partial charge in [-0.15, -0.1) is 0 Å². The largest absolute Gasteiger partial charge is 0.495 e. The van der Waals surface area contributed by atoms with E-state index < -0.39 is 0 Å². The number of nitrogens with one attached hydrogen (secondary N) is 1. The Kier molecular flexibility index (Phi) is 4.62. The molecule has 2 aromatic heterocycles. The molecule has 1 aliphatic rings. The van der Waals surface area contributed by atoms with Gasteiger partial charge in [0.2, 0.25) is 0 Å². The van der Waals surface area contributed by atoms with Crippen LogP contribution in [0.3, 0.4) is 0 Å². The lowest BCUT2D eigenvalue weighted by molar-refractivity contribution is 0.0929. The number of hydrogen-bond acceptors (Lipinski definition) is 4. The molecule has 1 aromatic carbocycles. The monoisotopic (exact) mass is 362 g/mol. The second-order valence-electron chi connectivity index (χ2n) is 6.88. The summed E-state index contributed by atoms with van der Waals surface area (Å²) in [6.45, 7) is 0. The number of methoxy groups -OCH3 is 1. The topological polar surface area (TPSA) is 69.0 Å². The Labute approximate surface area is 158 Å². The predicted molar refractivity (Wildman–Crippen MR) is 102 cm³/mol. The number of carbonyl (C=O) groups is 1. The van der Waals surface area contributed by atoms with Crippen molar-refractivity contribution in [2.45, 2.75) is 18.9 Å². The molecule has 0 radical (unpaired) electrons. The molecule has 0 saturated heterocycles. The van der Waals surface area contributed by atoms with Crippen molar-refractivity contribution >= 4 is 5.91 Å². The summed E-state index contributed by atoms with van der Waals surface area (Å²) in [7, 11) is 3.58. The molecule has 1 saturated carbocycles. The van der Waals surface area contributed by atoms with Gasteiger partial charge in [0.05, 0.1) is 19.3 Å². The molecule has 0 spiro atoms. The minimum Gasteiger partial charge on any atom is -0.495 e. The predicted octanol–water partition coefficient (Wildman–Crippen LogP) is 3.37. The summed E-state index contributed by atoms with van der Waals surface area (Å²) in [6.07, 6.45) is 9.38. The van der Waals surface area contributed by atoms with E-state index >= 15 is 0 Å². The van der Waals surface area contributed by atoms with Gasteiger partial charge in [-0.3, -0.25) is 9.78 Å².